The molecule has 0 radical (unpaired) electrons. The van der Waals surface area contributed by atoms with Crippen LogP contribution in [0.4, 0.5) is 0 Å². The minimum atomic E-state index is 0.216. The topological polar surface area (TPSA) is 29.4 Å². The van der Waals surface area contributed by atoms with Crippen molar-refractivity contribution < 1.29 is 0 Å². The summed E-state index contributed by atoms with van der Waals surface area (Å²) in [5.74, 6) is 0. The van der Waals surface area contributed by atoms with Gasteiger partial charge in [0.05, 0.1) is 6.54 Å². The predicted molar refractivity (Wildman–Crippen MR) is 42.9 cm³/mol. The number of nitrogens with zero attached hydrogens (tertiary/aromatic N) is 1. The van der Waals surface area contributed by atoms with E-state index in [2.05, 4.69) is 19.0 Å². The van der Waals surface area contributed by atoms with Crippen LogP contribution in [0.3, 0.4) is 0 Å². The Hall–Kier alpha value is -0.0500. The Morgan fingerprint density at radius 3 is 2.44 bits per heavy atom. The van der Waals surface area contributed by atoms with Gasteiger partial charge in [0, 0.05) is 4.75 Å². The summed E-state index contributed by atoms with van der Waals surface area (Å²) in [5.41, 5.74) is 0. The Morgan fingerprint density at radius 1 is 1.56 bits per heavy atom. The highest BCUT2D eigenvalue weighted by molar-refractivity contribution is 7.99. The van der Waals surface area contributed by atoms with Crippen LogP contribution in [0.5, 0.6) is 0 Å². The molecule has 0 aliphatic rings. The first kappa shape index (κ1) is 8.95. The molecule has 0 aliphatic carbocycles. The average molecular weight is 147 g/mol. The van der Waals surface area contributed by atoms with E-state index < -0.39 is 0 Å². The highest BCUT2D eigenvalue weighted by Crippen LogP contribution is 2.24. The molecule has 0 amide bonds. The van der Waals surface area contributed by atoms with E-state index in [4.69, 9.17) is 0 Å². The van der Waals surface area contributed by atoms with Gasteiger partial charge in [-0.2, -0.15) is 16.7 Å². The van der Waals surface area contributed by atoms with E-state index in [1.54, 1.807) is 11.8 Å². The molecule has 0 aromatic rings. The Bertz CT molecular complexity index is 93.1. The van der Waals surface area contributed by atoms with Crippen molar-refractivity contribution in [2.24, 2.45) is 5.18 Å². The van der Waals surface area contributed by atoms with Gasteiger partial charge in [-0.15, -0.1) is 0 Å². The highest BCUT2D eigenvalue weighted by atomic mass is 32.2. The van der Waals surface area contributed by atoms with Crippen LogP contribution >= 0.6 is 11.8 Å². The molecule has 0 bridgehead atoms. The summed E-state index contributed by atoms with van der Waals surface area (Å²) in [7, 11) is 0. The van der Waals surface area contributed by atoms with Gasteiger partial charge in [0.15, 0.2) is 0 Å². The maximum absolute atomic E-state index is 9.71. The third-order valence-corrected chi connectivity index (χ3v) is 2.67. The van der Waals surface area contributed by atoms with Gasteiger partial charge >= 0.3 is 0 Å². The molecule has 9 heavy (non-hydrogen) atoms. The van der Waals surface area contributed by atoms with Crippen molar-refractivity contribution in [2.45, 2.75) is 25.0 Å². The summed E-state index contributed by atoms with van der Waals surface area (Å²) in [6.45, 7) is 4.67. The number of hydrogen-bond donors (Lipinski definition) is 0. The molecule has 0 spiro atoms. The van der Waals surface area contributed by atoms with E-state index in [1.807, 2.05) is 6.26 Å². The first-order valence-corrected chi connectivity index (χ1v) is 4.19. The van der Waals surface area contributed by atoms with E-state index in [9.17, 15) is 4.91 Å². The second kappa shape index (κ2) is 3.88. The minimum Gasteiger partial charge on any atom is -0.159 e. The Kier molecular flexibility index (Phi) is 3.86. The number of rotatable bonds is 4. The smallest absolute Gasteiger partial charge is 0.0824 e. The monoisotopic (exact) mass is 147 g/mol. The third kappa shape index (κ3) is 4.45. The molecule has 0 aromatic heterocycles. The van der Waals surface area contributed by atoms with E-state index in [0.717, 1.165) is 6.42 Å². The normalized spacial score (nSPS) is 11.4. The third-order valence-electron chi connectivity index (χ3n) is 1.36. The largest absolute Gasteiger partial charge is 0.159 e. The maximum atomic E-state index is 9.71. The Labute approximate surface area is 60.4 Å². The molecule has 0 atom stereocenters. The zero-order valence-electron chi connectivity index (χ0n) is 6.18. The number of nitroso groups, excluding NO2 is 1. The summed E-state index contributed by atoms with van der Waals surface area (Å²) < 4.78 is 0.216. The second-order valence-electron chi connectivity index (χ2n) is 2.57. The zero-order valence-corrected chi connectivity index (χ0v) is 6.99. The summed E-state index contributed by atoms with van der Waals surface area (Å²) in [5, 5.41) is 2.81. The molecule has 0 aromatic carbocycles. The van der Waals surface area contributed by atoms with Gasteiger partial charge in [-0.05, 0) is 12.7 Å². The summed E-state index contributed by atoms with van der Waals surface area (Å²) in [4.78, 5) is 9.71. The molecule has 0 N–H and O–H groups in total. The maximum Gasteiger partial charge on any atom is 0.0824 e. The van der Waals surface area contributed by atoms with Crippen LogP contribution in [0.1, 0.15) is 20.3 Å². The molecule has 0 saturated heterocycles. The molecule has 0 saturated carbocycles. The lowest BCUT2D eigenvalue weighted by molar-refractivity contribution is 0.650. The fourth-order valence-corrected chi connectivity index (χ4v) is 0.712. The quantitative estimate of drug-likeness (QED) is 0.571. The molecule has 0 heterocycles. The summed E-state index contributed by atoms with van der Waals surface area (Å²) in [6, 6.07) is 0. The van der Waals surface area contributed by atoms with Gasteiger partial charge in [-0.3, -0.25) is 0 Å². The molecular formula is C6H13NOS. The van der Waals surface area contributed by atoms with Gasteiger partial charge in [-0.25, -0.2) is 0 Å². The SMILES string of the molecule is CSC(C)(C)CCN=O. The van der Waals surface area contributed by atoms with E-state index in [1.165, 1.54) is 0 Å². The lowest BCUT2D eigenvalue weighted by Crippen LogP contribution is -2.14. The van der Waals surface area contributed by atoms with E-state index in [-0.39, 0.29) is 4.75 Å². The molecule has 0 fully saturated rings. The van der Waals surface area contributed by atoms with Gasteiger partial charge < -0.3 is 0 Å². The minimum absolute atomic E-state index is 0.216. The summed E-state index contributed by atoms with van der Waals surface area (Å²) >= 11 is 1.77. The van der Waals surface area contributed by atoms with Crippen molar-refractivity contribution >= 4 is 11.8 Å². The highest BCUT2D eigenvalue weighted by Gasteiger charge is 2.14. The van der Waals surface area contributed by atoms with E-state index >= 15 is 0 Å². The lowest BCUT2D eigenvalue weighted by atomic mass is 10.1. The van der Waals surface area contributed by atoms with Gasteiger partial charge in [0.1, 0.15) is 0 Å². The van der Waals surface area contributed by atoms with Crippen LogP contribution in [0.25, 0.3) is 0 Å². The molecule has 0 aliphatic heterocycles. The molecule has 2 nitrogen and oxygen atoms in total. The first-order chi connectivity index (χ1) is 4.12. The number of hydrogen-bond acceptors (Lipinski definition) is 3. The van der Waals surface area contributed by atoms with Crippen molar-refractivity contribution in [1.29, 1.82) is 0 Å². The van der Waals surface area contributed by atoms with Crippen LogP contribution in [0.15, 0.2) is 5.18 Å². The number of thioether (sulfide) groups is 1. The van der Waals surface area contributed by atoms with Crippen molar-refractivity contribution in [2.75, 3.05) is 12.8 Å². The van der Waals surface area contributed by atoms with Crippen LogP contribution in [-0.2, 0) is 0 Å². The van der Waals surface area contributed by atoms with Gasteiger partial charge in [0.25, 0.3) is 0 Å². The van der Waals surface area contributed by atoms with Crippen LogP contribution < -0.4 is 0 Å². The Morgan fingerprint density at radius 2 is 2.11 bits per heavy atom. The van der Waals surface area contributed by atoms with Crippen molar-refractivity contribution in [1.82, 2.24) is 0 Å². The molecule has 54 valence electrons. The zero-order chi connectivity index (χ0) is 7.33. The first-order valence-electron chi connectivity index (χ1n) is 2.96. The fraction of sp³-hybridized carbons (Fsp3) is 1.00. The lowest BCUT2D eigenvalue weighted by Gasteiger charge is -2.19. The molecule has 0 rings (SSSR count). The van der Waals surface area contributed by atoms with Crippen LogP contribution in [0.2, 0.25) is 0 Å². The second-order valence-corrected chi connectivity index (χ2v) is 4.08. The molecule has 3 heteroatoms. The standard InChI is InChI=1S/C6H13NOS/c1-6(2,9-3)4-5-7-8/h4-5H2,1-3H3. The van der Waals surface area contributed by atoms with Crippen molar-refractivity contribution in [3.05, 3.63) is 4.91 Å². The van der Waals surface area contributed by atoms with Crippen LogP contribution in [0, 0.1) is 4.91 Å². The molecular weight excluding hydrogens is 134 g/mol. The van der Waals surface area contributed by atoms with Gasteiger partial charge in [-0.1, -0.05) is 19.0 Å². The van der Waals surface area contributed by atoms with E-state index in [0.29, 0.717) is 6.54 Å². The fourth-order valence-electron chi connectivity index (χ4n) is 0.417. The van der Waals surface area contributed by atoms with Crippen molar-refractivity contribution in [3.63, 3.8) is 0 Å². The van der Waals surface area contributed by atoms with Crippen molar-refractivity contribution in [3.8, 4) is 0 Å². The average Bonchev–Trinajstić information content (AvgIpc) is 1.84. The summed E-state index contributed by atoms with van der Waals surface area (Å²) in [6.07, 6.45) is 2.92. The van der Waals surface area contributed by atoms with Gasteiger partial charge in [0.2, 0.25) is 0 Å². The molecule has 0 unspecified atom stereocenters. The Balaban J connectivity index is 3.44. The predicted octanol–water partition coefficient (Wildman–Crippen LogP) is 2.28. The van der Waals surface area contributed by atoms with Crippen LogP contribution in [-0.4, -0.2) is 17.5 Å².